The third-order valence-corrected chi connectivity index (χ3v) is 7.92. The molecule has 0 unspecified atom stereocenters. The van der Waals surface area contributed by atoms with Gasteiger partial charge in [0.1, 0.15) is 6.61 Å². The SMILES string of the molecule is CCOC(=O)C1=C(C)NC(=O)N[C@H]1c1ccc(OCC(=O)N/N=C\c2cc(I)c(OCc3ccc4c(c3)OCO4)c(OC)c2)c(OC)c1. The van der Waals surface area contributed by atoms with Crippen LogP contribution in [0.1, 0.15) is 36.6 Å². The molecule has 48 heavy (non-hydrogen) atoms. The number of hydrazone groups is 1. The van der Waals surface area contributed by atoms with Gasteiger partial charge in [0.2, 0.25) is 6.79 Å². The van der Waals surface area contributed by atoms with Gasteiger partial charge in [-0.15, -0.1) is 0 Å². The fraction of sp³-hybridized carbons (Fsp3) is 0.273. The van der Waals surface area contributed by atoms with E-state index in [0.29, 0.717) is 52.2 Å². The van der Waals surface area contributed by atoms with E-state index in [9.17, 15) is 14.4 Å². The molecule has 0 spiro atoms. The molecule has 3 aromatic rings. The van der Waals surface area contributed by atoms with Crippen LogP contribution in [0.3, 0.4) is 0 Å². The summed E-state index contributed by atoms with van der Waals surface area (Å²) in [6, 6.07) is 12.8. The fourth-order valence-electron chi connectivity index (χ4n) is 4.90. The minimum atomic E-state index is -0.782. The molecule has 0 aromatic heterocycles. The first-order valence-corrected chi connectivity index (χ1v) is 15.8. The predicted molar refractivity (Wildman–Crippen MR) is 181 cm³/mol. The lowest BCUT2D eigenvalue weighted by Crippen LogP contribution is -2.45. The zero-order valence-electron chi connectivity index (χ0n) is 26.5. The van der Waals surface area contributed by atoms with Gasteiger partial charge < -0.3 is 43.8 Å². The number of amides is 3. The minimum absolute atomic E-state index is 0.178. The molecule has 252 valence electrons. The molecule has 2 aliphatic rings. The van der Waals surface area contributed by atoms with E-state index in [1.165, 1.54) is 13.3 Å². The third kappa shape index (κ3) is 8.02. The highest BCUT2D eigenvalue weighted by atomic mass is 127. The summed E-state index contributed by atoms with van der Waals surface area (Å²) >= 11 is 2.15. The first-order valence-electron chi connectivity index (χ1n) is 14.7. The Labute approximate surface area is 289 Å². The Hall–Kier alpha value is -5.19. The Kier molecular flexibility index (Phi) is 11.1. The van der Waals surface area contributed by atoms with Crippen LogP contribution in [-0.2, 0) is 20.9 Å². The van der Waals surface area contributed by atoms with Crippen LogP contribution in [0.4, 0.5) is 4.79 Å². The number of carbonyl (C=O) groups is 3. The number of nitrogens with one attached hydrogen (secondary N) is 3. The molecule has 15 heteroatoms. The molecule has 0 fully saturated rings. The van der Waals surface area contributed by atoms with Crippen molar-refractivity contribution in [3.05, 3.63) is 80.1 Å². The highest BCUT2D eigenvalue weighted by molar-refractivity contribution is 14.1. The first kappa shape index (κ1) is 34.2. The van der Waals surface area contributed by atoms with Crippen molar-refractivity contribution >= 4 is 46.7 Å². The molecule has 3 aromatic carbocycles. The maximum absolute atomic E-state index is 12.6. The van der Waals surface area contributed by atoms with Crippen molar-refractivity contribution in [2.45, 2.75) is 26.5 Å². The van der Waals surface area contributed by atoms with E-state index in [0.717, 1.165) is 9.13 Å². The van der Waals surface area contributed by atoms with E-state index in [1.54, 1.807) is 45.2 Å². The Morgan fingerprint density at radius 3 is 2.58 bits per heavy atom. The average Bonchev–Trinajstić information content (AvgIpc) is 3.54. The number of ether oxygens (including phenoxy) is 7. The number of urea groups is 1. The Balaban J connectivity index is 1.18. The van der Waals surface area contributed by atoms with Crippen LogP contribution in [0.2, 0.25) is 0 Å². The van der Waals surface area contributed by atoms with Crippen LogP contribution in [0.15, 0.2) is 64.9 Å². The number of hydrogen-bond acceptors (Lipinski definition) is 11. The Bertz CT molecular complexity index is 1780. The topological polar surface area (TPSA) is 164 Å². The van der Waals surface area contributed by atoms with Gasteiger partial charge in [0.25, 0.3) is 5.91 Å². The first-order chi connectivity index (χ1) is 23.2. The second-order valence-corrected chi connectivity index (χ2v) is 11.5. The quantitative estimate of drug-likeness (QED) is 0.0987. The second-order valence-electron chi connectivity index (χ2n) is 10.3. The van der Waals surface area contributed by atoms with E-state index in [4.69, 9.17) is 33.2 Å². The fourth-order valence-corrected chi connectivity index (χ4v) is 5.68. The van der Waals surface area contributed by atoms with Crippen molar-refractivity contribution in [3.8, 4) is 34.5 Å². The van der Waals surface area contributed by atoms with Gasteiger partial charge in [-0.2, -0.15) is 5.10 Å². The standard InChI is InChI=1S/C33H33IN4O10/c1-5-44-32(40)29-18(2)36-33(41)37-30(29)21-7-9-23(25(13-21)42-3)45-16-28(39)38-35-14-20-10-22(34)31(27(12-20)43-4)46-15-19-6-8-24-26(11-19)48-17-47-24/h6-14,30H,5,15-17H2,1-4H3,(H,38,39)(H2,36,37,41)/b35-14-/t30-/m0/s1. The van der Waals surface area contributed by atoms with Gasteiger partial charge >= 0.3 is 12.0 Å². The number of halogens is 1. The number of hydrogen-bond donors (Lipinski definition) is 3. The van der Waals surface area contributed by atoms with Crippen molar-refractivity contribution < 1.29 is 47.5 Å². The van der Waals surface area contributed by atoms with Crippen LogP contribution in [0.25, 0.3) is 0 Å². The molecule has 0 radical (unpaired) electrons. The molecule has 3 amide bonds. The maximum atomic E-state index is 12.6. The third-order valence-electron chi connectivity index (χ3n) is 7.12. The Morgan fingerprint density at radius 1 is 1.02 bits per heavy atom. The predicted octanol–water partition coefficient (Wildman–Crippen LogP) is 4.34. The van der Waals surface area contributed by atoms with E-state index in [-0.39, 0.29) is 31.3 Å². The number of nitrogens with zero attached hydrogens (tertiary/aromatic N) is 1. The van der Waals surface area contributed by atoms with Gasteiger partial charge in [-0.1, -0.05) is 12.1 Å². The monoisotopic (exact) mass is 772 g/mol. The van der Waals surface area contributed by atoms with Crippen LogP contribution in [0.5, 0.6) is 34.5 Å². The molecular formula is C33H33IN4O10. The molecule has 1 atom stereocenters. The van der Waals surface area contributed by atoms with Crippen molar-refractivity contribution in [1.29, 1.82) is 0 Å². The molecule has 0 bridgehead atoms. The molecule has 5 rings (SSSR count). The molecular weight excluding hydrogens is 739 g/mol. The number of allylic oxidation sites excluding steroid dienone is 1. The van der Waals surface area contributed by atoms with Crippen LogP contribution >= 0.6 is 22.6 Å². The lowest BCUT2D eigenvalue weighted by atomic mass is 9.95. The van der Waals surface area contributed by atoms with Gasteiger partial charge in [0.05, 0.1) is 42.2 Å². The van der Waals surface area contributed by atoms with E-state index in [1.807, 2.05) is 24.3 Å². The van der Waals surface area contributed by atoms with Crippen molar-refractivity contribution in [2.75, 3.05) is 34.2 Å². The summed E-state index contributed by atoms with van der Waals surface area (Å²) in [7, 11) is 2.98. The summed E-state index contributed by atoms with van der Waals surface area (Å²) in [5, 5.41) is 9.37. The summed E-state index contributed by atoms with van der Waals surface area (Å²) in [5.74, 6) is 1.93. The Morgan fingerprint density at radius 2 is 1.81 bits per heavy atom. The molecule has 0 aliphatic carbocycles. The van der Waals surface area contributed by atoms with E-state index >= 15 is 0 Å². The van der Waals surface area contributed by atoms with Crippen LogP contribution in [0, 0.1) is 3.57 Å². The molecule has 14 nitrogen and oxygen atoms in total. The number of methoxy groups -OCH3 is 2. The number of rotatable bonds is 13. The van der Waals surface area contributed by atoms with Crippen molar-refractivity contribution in [3.63, 3.8) is 0 Å². The molecule has 2 aliphatic heterocycles. The van der Waals surface area contributed by atoms with Gasteiger partial charge in [-0.05, 0) is 89.5 Å². The zero-order valence-corrected chi connectivity index (χ0v) is 28.7. The van der Waals surface area contributed by atoms with Gasteiger partial charge in [0.15, 0.2) is 41.1 Å². The number of carbonyl (C=O) groups excluding carboxylic acids is 3. The van der Waals surface area contributed by atoms with Gasteiger partial charge in [0, 0.05) is 5.70 Å². The summed E-state index contributed by atoms with van der Waals surface area (Å²) in [6.07, 6.45) is 1.48. The summed E-state index contributed by atoms with van der Waals surface area (Å²) in [4.78, 5) is 37.4. The van der Waals surface area contributed by atoms with E-state index in [2.05, 4.69) is 43.8 Å². The van der Waals surface area contributed by atoms with Gasteiger partial charge in [-0.3, -0.25) is 4.79 Å². The molecule has 0 saturated carbocycles. The second kappa shape index (κ2) is 15.6. The molecule has 3 N–H and O–H groups in total. The van der Waals surface area contributed by atoms with Crippen LogP contribution in [-0.4, -0.2) is 58.3 Å². The average molecular weight is 773 g/mol. The number of benzene rings is 3. The lowest BCUT2D eigenvalue weighted by molar-refractivity contribution is -0.139. The summed E-state index contributed by atoms with van der Waals surface area (Å²) < 4.78 is 39.5. The smallest absolute Gasteiger partial charge is 0.338 e. The summed E-state index contributed by atoms with van der Waals surface area (Å²) in [6.45, 7) is 3.63. The van der Waals surface area contributed by atoms with Crippen molar-refractivity contribution in [2.24, 2.45) is 5.10 Å². The van der Waals surface area contributed by atoms with E-state index < -0.39 is 23.9 Å². The number of fused-ring (bicyclic) bond motifs is 1. The summed E-state index contributed by atoms with van der Waals surface area (Å²) in [5.41, 5.74) is 5.22. The molecule has 2 heterocycles. The normalized spacial score (nSPS) is 15.0. The van der Waals surface area contributed by atoms with Crippen LogP contribution < -0.4 is 44.5 Å². The largest absolute Gasteiger partial charge is 0.493 e. The maximum Gasteiger partial charge on any atom is 0.338 e. The minimum Gasteiger partial charge on any atom is -0.493 e. The van der Waals surface area contributed by atoms with Gasteiger partial charge in [-0.25, -0.2) is 15.0 Å². The molecule has 0 saturated heterocycles. The lowest BCUT2D eigenvalue weighted by Gasteiger charge is -2.28. The highest BCUT2D eigenvalue weighted by Crippen LogP contribution is 2.37. The number of esters is 1. The zero-order chi connectivity index (χ0) is 34.2. The highest BCUT2D eigenvalue weighted by Gasteiger charge is 2.32. The van der Waals surface area contributed by atoms with Crippen molar-refractivity contribution in [1.82, 2.24) is 16.1 Å².